The number of benzene rings is 1. The Labute approximate surface area is 99.0 Å². The lowest BCUT2D eigenvalue weighted by molar-refractivity contribution is -0.133. The third-order valence-electron chi connectivity index (χ3n) is 2.41. The number of hydrogen-bond acceptors (Lipinski definition) is 3. The van der Waals surface area contributed by atoms with Gasteiger partial charge >= 0.3 is 0 Å². The van der Waals surface area contributed by atoms with E-state index in [1.807, 2.05) is 6.07 Å². The number of methoxy groups -OCH3 is 1. The molecule has 1 N–H and O–H groups in total. The lowest BCUT2D eigenvalue weighted by Crippen LogP contribution is -2.39. The number of amides is 1. The molecule has 0 bridgehead atoms. The van der Waals surface area contributed by atoms with Crippen molar-refractivity contribution >= 4 is 11.6 Å². The first-order valence-corrected chi connectivity index (χ1v) is 4.97. The summed E-state index contributed by atoms with van der Waals surface area (Å²) in [6, 6.07) is 5.40. The van der Waals surface area contributed by atoms with E-state index in [-0.39, 0.29) is 11.3 Å². The lowest BCUT2D eigenvalue weighted by atomic mass is 10.1. The van der Waals surface area contributed by atoms with Gasteiger partial charge in [-0.2, -0.15) is 5.26 Å². The molecule has 1 rings (SSSR count). The van der Waals surface area contributed by atoms with Crippen LogP contribution in [0.4, 0.5) is 10.1 Å². The summed E-state index contributed by atoms with van der Waals surface area (Å²) in [6.45, 7) is 3.19. The Kier molecular flexibility index (Phi) is 3.81. The van der Waals surface area contributed by atoms with E-state index in [0.717, 1.165) is 6.07 Å². The van der Waals surface area contributed by atoms with Crippen molar-refractivity contribution in [2.75, 3.05) is 12.4 Å². The molecule has 5 heteroatoms. The van der Waals surface area contributed by atoms with Crippen LogP contribution >= 0.6 is 0 Å². The molecular weight excluding hydrogens is 223 g/mol. The second-order valence-electron chi connectivity index (χ2n) is 3.97. The van der Waals surface area contributed by atoms with Crippen LogP contribution in [0.2, 0.25) is 0 Å². The Morgan fingerprint density at radius 3 is 2.71 bits per heavy atom. The minimum absolute atomic E-state index is 0.0743. The van der Waals surface area contributed by atoms with E-state index in [2.05, 4.69) is 5.32 Å². The Morgan fingerprint density at radius 2 is 2.18 bits per heavy atom. The van der Waals surface area contributed by atoms with Gasteiger partial charge in [-0.15, -0.1) is 0 Å². The van der Waals surface area contributed by atoms with Gasteiger partial charge in [0, 0.05) is 7.11 Å². The summed E-state index contributed by atoms with van der Waals surface area (Å²) in [4.78, 5) is 11.8. The molecule has 17 heavy (non-hydrogen) atoms. The van der Waals surface area contributed by atoms with Crippen molar-refractivity contribution in [1.82, 2.24) is 0 Å². The summed E-state index contributed by atoms with van der Waals surface area (Å²) in [7, 11) is 1.41. The van der Waals surface area contributed by atoms with Crippen LogP contribution < -0.4 is 5.32 Å². The van der Waals surface area contributed by atoms with Crippen LogP contribution in [0, 0.1) is 17.1 Å². The molecular formula is C12H13FN2O2. The van der Waals surface area contributed by atoms with Crippen molar-refractivity contribution in [3.05, 3.63) is 29.6 Å². The van der Waals surface area contributed by atoms with Crippen molar-refractivity contribution in [2.24, 2.45) is 0 Å². The molecule has 0 aliphatic carbocycles. The van der Waals surface area contributed by atoms with E-state index >= 15 is 0 Å². The molecule has 0 heterocycles. The largest absolute Gasteiger partial charge is 0.369 e. The smallest absolute Gasteiger partial charge is 0.256 e. The molecule has 0 fully saturated rings. The summed E-state index contributed by atoms with van der Waals surface area (Å²) < 4.78 is 17.9. The molecule has 0 aliphatic rings. The second kappa shape index (κ2) is 4.93. The zero-order valence-electron chi connectivity index (χ0n) is 9.87. The Bertz CT molecular complexity index is 478. The summed E-state index contributed by atoms with van der Waals surface area (Å²) in [5, 5.41) is 11.3. The molecule has 1 amide bonds. The number of halogens is 1. The van der Waals surface area contributed by atoms with E-state index in [4.69, 9.17) is 10.00 Å². The molecule has 0 aromatic heterocycles. The molecule has 0 saturated carbocycles. The number of carbonyl (C=O) groups excluding carboxylic acids is 1. The first kappa shape index (κ1) is 13.1. The van der Waals surface area contributed by atoms with Crippen LogP contribution in [0.25, 0.3) is 0 Å². The van der Waals surface area contributed by atoms with Gasteiger partial charge in [-0.1, -0.05) is 0 Å². The quantitative estimate of drug-likeness (QED) is 0.873. The van der Waals surface area contributed by atoms with Gasteiger partial charge in [0.1, 0.15) is 17.5 Å². The Balaban J connectivity index is 2.97. The third kappa shape index (κ3) is 3.02. The SMILES string of the molecule is COC(C)(C)C(=O)Nc1ccc(F)cc1C#N. The fourth-order valence-corrected chi connectivity index (χ4v) is 1.08. The number of nitriles is 1. The summed E-state index contributed by atoms with van der Waals surface area (Å²) >= 11 is 0. The topological polar surface area (TPSA) is 62.1 Å². The number of hydrogen-bond donors (Lipinski definition) is 1. The minimum Gasteiger partial charge on any atom is -0.369 e. The van der Waals surface area contributed by atoms with Crippen molar-refractivity contribution in [3.8, 4) is 6.07 Å². The maximum absolute atomic E-state index is 12.9. The van der Waals surface area contributed by atoms with Crippen molar-refractivity contribution < 1.29 is 13.9 Å². The van der Waals surface area contributed by atoms with Gasteiger partial charge in [-0.05, 0) is 32.0 Å². The molecule has 90 valence electrons. The number of nitrogens with one attached hydrogen (secondary N) is 1. The molecule has 0 atom stereocenters. The molecule has 0 spiro atoms. The third-order valence-corrected chi connectivity index (χ3v) is 2.41. The average molecular weight is 236 g/mol. The van der Waals surface area contributed by atoms with Crippen LogP contribution in [0.5, 0.6) is 0 Å². The highest BCUT2D eigenvalue weighted by molar-refractivity contribution is 5.97. The molecule has 0 aliphatic heterocycles. The van der Waals surface area contributed by atoms with Crippen LogP contribution in [0.1, 0.15) is 19.4 Å². The van der Waals surface area contributed by atoms with E-state index < -0.39 is 17.3 Å². The van der Waals surface area contributed by atoms with Gasteiger partial charge in [0.15, 0.2) is 0 Å². The normalized spacial score (nSPS) is 10.8. The Hall–Kier alpha value is -1.93. The second-order valence-corrected chi connectivity index (χ2v) is 3.97. The molecule has 0 radical (unpaired) electrons. The van der Waals surface area contributed by atoms with Gasteiger partial charge in [0.2, 0.25) is 0 Å². The van der Waals surface area contributed by atoms with E-state index in [0.29, 0.717) is 0 Å². The van der Waals surface area contributed by atoms with Gasteiger partial charge in [-0.3, -0.25) is 4.79 Å². The first-order valence-electron chi connectivity index (χ1n) is 4.97. The van der Waals surface area contributed by atoms with Crippen LogP contribution in [0.15, 0.2) is 18.2 Å². The molecule has 1 aromatic carbocycles. The van der Waals surface area contributed by atoms with Crippen LogP contribution in [0.3, 0.4) is 0 Å². The predicted molar refractivity (Wildman–Crippen MR) is 60.8 cm³/mol. The van der Waals surface area contributed by atoms with E-state index in [1.165, 1.54) is 19.2 Å². The maximum Gasteiger partial charge on any atom is 0.256 e. The number of ether oxygens (including phenoxy) is 1. The van der Waals surface area contributed by atoms with Crippen molar-refractivity contribution in [1.29, 1.82) is 5.26 Å². The number of anilines is 1. The monoisotopic (exact) mass is 236 g/mol. The van der Waals surface area contributed by atoms with Gasteiger partial charge in [0.05, 0.1) is 11.3 Å². The fourth-order valence-electron chi connectivity index (χ4n) is 1.08. The first-order chi connectivity index (χ1) is 7.90. The molecule has 1 aromatic rings. The minimum atomic E-state index is -1.01. The number of carbonyl (C=O) groups is 1. The zero-order valence-corrected chi connectivity index (χ0v) is 9.87. The highest BCUT2D eigenvalue weighted by Crippen LogP contribution is 2.18. The average Bonchev–Trinajstić information content (AvgIpc) is 2.31. The fraction of sp³-hybridized carbons (Fsp3) is 0.333. The van der Waals surface area contributed by atoms with Crippen molar-refractivity contribution in [2.45, 2.75) is 19.4 Å². The summed E-state index contributed by atoms with van der Waals surface area (Å²) in [6.07, 6.45) is 0. The van der Waals surface area contributed by atoms with Gasteiger partial charge < -0.3 is 10.1 Å². The van der Waals surface area contributed by atoms with Crippen LogP contribution in [-0.4, -0.2) is 18.6 Å². The standard InChI is InChI=1S/C12H13FN2O2/c1-12(2,17-3)11(16)15-10-5-4-9(13)6-8(10)7-14/h4-6H,1-3H3,(H,15,16). The maximum atomic E-state index is 12.9. The summed E-state index contributed by atoms with van der Waals surface area (Å²) in [5.74, 6) is -0.923. The molecule has 0 saturated heterocycles. The van der Waals surface area contributed by atoms with E-state index in [9.17, 15) is 9.18 Å². The Morgan fingerprint density at radius 1 is 1.53 bits per heavy atom. The highest BCUT2D eigenvalue weighted by Gasteiger charge is 2.27. The van der Waals surface area contributed by atoms with Gasteiger partial charge in [-0.25, -0.2) is 4.39 Å². The van der Waals surface area contributed by atoms with Gasteiger partial charge in [0.25, 0.3) is 5.91 Å². The molecule has 4 nitrogen and oxygen atoms in total. The molecule has 0 unspecified atom stereocenters. The predicted octanol–water partition coefficient (Wildman–Crippen LogP) is 2.06. The zero-order chi connectivity index (χ0) is 13.1. The van der Waals surface area contributed by atoms with Crippen molar-refractivity contribution in [3.63, 3.8) is 0 Å². The number of nitrogens with zero attached hydrogens (tertiary/aromatic N) is 1. The van der Waals surface area contributed by atoms with Crippen LogP contribution in [-0.2, 0) is 9.53 Å². The highest BCUT2D eigenvalue weighted by atomic mass is 19.1. The lowest BCUT2D eigenvalue weighted by Gasteiger charge is -2.21. The summed E-state index contributed by atoms with van der Waals surface area (Å²) in [5.41, 5.74) is -0.671. The van der Waals surface area contributed by atoms with E-state index in [1.54, 1.807) is 13.8 Å². The number of rotatable bonds is 3.